The van der Waals surface area contributed by atoms with E-state index in [1.165, 1.54) is 131 Å². The van der Waals surface area contributed by atoms with Gasteiger partial charge in [-0.3, -0.25) is 0 Å². The normalized spacial score (nSPS) is 44.5. The predicted molar refractivity (Wildman–Crippen MR) is 356 cm³/mol. The fraction of sp³-hybridized carbons (Fsp3) is 1.00. The van der Waals surface area contributed by atoms with Gasteiger partial charge in [-0.25, -0.2) is 0 Å². The highest BCUT2D eigenvalue weighted by Crippen LogP contribution is 2.50. The maximum atomic E-state index is 1.58. The zero-order chi connectivity index (χ0) is 55.4. The van der Waals surface area contributed by atoms with Gasteiger partial charge in [-0.05, 0) is 189 Å². The standard InChI is InChI=1S/2C10H18.2C9H16.3C8H14.2C7H12.C6H10/c1-2-5-10-7-3-6-9(4-1)8-10;1-2-4-10-7-5-9(3-1)6-8-10;1-3-8-5-2-6-9(4-1)7-8;1-2-4-9-6-5-8(3-1)7-9;1-2-8-5-3-7(1)4-6-8;1-2-7-4-5-8(3-1)6-7;1-2-4-8-5-7(3-1)6-8;1-2-7-4-3-6(1)5-7;1-2-6-4-7(3-1)5-6;1-2-6-3-5(1)4-6/h2*9-10H,1-8H2;2*8-9H,1-7H2;3*7-8H,1-6H2;2*6-7H,1-5H2;5-6H,1-4H2. The average Bonchev–Trinajstić information content (AvgIpc) is 4.37. The molecule has 6 atom stereocenters. The van der Waals surface area contributed by atoms with E-state index in [9.17, 15) is 0 Å². The third-order valence-corrected chi connectivity index (χ3v) is 29.2. The summed E-state index contributed by atoms with van der Waals surface area (Å²) >= 11 is 0. The second kappa shape index (κ2) is 34.8. The van der Waals surface area contributed by atoms with Crippen LogP contribution in [0.15, 0.2) is 0 Å². The molecule has 0 saturated heterocycles. The molecular weight excluding hydrogens is 985 g/mol. The largest absolute Gasteiger partial charge is 0.0530 e. The van der Waals surface area contributed by atoms with Crippen molar-refractivity contribution in [2.24, 2.45) is 118 Å². The molecule has 0 aliphatic heterocycles. The molecule has 25 fully saturated rings. The maximum absolute atomic E-state index is 1.58. The quantitative estimate of drug-likeness (QED) is 0.227. The summed E-state index contributed by atoms with van der Waals surface area (Å²) < 4.78 is 0. The van der Waals surface area contributed by atoms with Crippen LogP contribution in [0.4, 0.5) is 0 Å². The lowest BCUT2D eigenvalue weighted by molar-refractivity contribution is 0.116. The van der Waals surface area contributed by atoms with Crippen molar-refractivity contribution in [1.29, 1.82) is 0 Å². The van der Waals surface area contributed by atoms with Crippen molar-refractivity contribution in [2.75, 3.05) is 0 Å². The molecule has 20 bridgehead atoms. The van der Waals surface area contributed by atoms with Crippen molar-refractivity contribution in [1.82, 2.24) is 0 Å². The molecule has 472 valence electrons. The van der Waals surface area contributed by atoms with E-state index in [4.69, 9.17) is 0 Å². The smallest absolute Gasteiger partial charge is 0.0409 e. The van der Waals surface area contributed by atoms with E-state index in [-0.39, 0.29) is 0 Å². The van der Waals surface area contributed by atoms with Crippen LogP contribution in [-0.2, 0) is 0 Å². The van der Waals surface area contributed by atoms with E-state index >= 15 is 0 Å². The number of rotatable bonds is 0. The first-order valence-electron chi connectivity index (χ1n) is 40.5. The lowest BCUT2D eigenvalue weighted by atomic mass is 9.65. The van der Waals surface area contributed by atoms with Gasteiger partial charge in [0.1, 0.15) is 0 Å². The number of hydrogen-bond acceptors (Lipinski definition) is 0. The van der Waals surface area contributed by atoms with Crippen molar-refractivity contribution in [3.05, 3.63) is 0 Å². The molecule has 6 unspecified atom stereocenters. The van der Waals surface area contributed by atoms with Gasteiger partial charge in [-0.2, -0.15) is 0 Å². The van der Waals surface area contributed by atoms with Gasteiger partial charge in [0.15, 0.2) is 0 Å². The Bertz CT molecular complexity index is 1470. The Morgan fingerprint density at radius 1 is 0.0732 bits per heavy atom. The Kier molecular flexibility index (Phi) is 27.0. The van der Waals surface area contributed by atoms with Gasteiger partial charge in [-0.1, -0.05) is 327 Å². The van der Waals surface area contributed by atoms with Gasteiger partial charge in [-0.15, -0.1) is 0 Å². The SMILES string of the molecule is C1CC2CC(C1)C2.C1CC2CC1C2.C1CC2CCC(C1)C2.C1CC2CCC1C2.C1CC2CCC1CC2.C1CC2CCCC(C1)C2.C1CCC2CC(C1)C2.C1CCC2CCC(C1)C2.C1CCC2CCC(C1)CC2.C1CCC2CCCC(C1)C2. The molecule has 0 amide bonds. The van der Waals surface area contributed by atoms with E-state index in [1.807, 2.05) is 0 Å². The third-order valence-electron chi connectivity index (χ3n) is 29.2. The van der Waals surface area contributed by atoms with Crippen LogP contribution in [-0.4, -0.2) is 0 Å². The van der Waals surface area contributed by atoms with E-state index < -0.39 is 0 Å². The molecule has 25 saturated carbocycles. The highest BCUT2D eigenvalue weighted by atomic mass is 14.4. The molecule has 25 aliphatic rings. The summed E-state index contributed by atoms with van der Waals surface area (Å²) in [5.41, 5.74) is 0. The molecule has 0 aromatic carbocycles. The number of hydrogen-bond donors (Lipinski definition) is 0. The summed E-state index contributed by atoms with van der Waals surface area (Å²) in [6.45, 7) is 0. The highest BCUT2D eigenvalue weighted by molar-refractivity contribution is 4.88. The van der Waals surface area contributed by atoms with Crippen LogP contribution in [0, 0.1) is 118 Å². The van der Waals surface area contributed by atoms with Crippen LogP contribution >= 0.6 is 0 Å². The first-order valence-corrected chi connectivity index (χ1v) is 40.5. The van der Waals surface area contributed by atoms with E-state index in [0.717, 1.165) is 71.0 Å². The maximum Gasteiger partial charge on any atom is -0.0409 e. The van der Waals surface area contributed by atoms with E-state index in [1.54, 1.807) is 315 Å². The molecule has 25 rings (SSSR count). The Morgan fingerprint density at radius 3 is 0.354 bits per heavy atom. The third kappa shape index (κ3) is 21.6. The molecule has 0 aromatic rings. The van der Waals surface area contributed by atoms with Crippen LogP contribution < -0.4 is 0 Å². The Morgan fingerprint density at radius 2 is 0.171 bits per heavy atom. The van der Waals surface area contributed by atoms with Crippen LogP contribution in [0.1, 0.15) is 398 Å². The zero-order valence-corrected chi connectivity index (χ0v) is 55.4. The van der Waals surface area contributed by atoms with Crippen LogP contribution in [0.25, 0.3) is 0 Å². The predicted octanol–water partition coefficient (Wildman–Crippen LogP) is 26.6. The van der Waals surface area contributed by atoms with Crippen molar-refractivity contribution >= 4 is 0 Å². The fourth-order valence-corrected chi connectivity index (χ4v) is 23.6. The minimum Gasteiger partial charge on any atom is -0.0530 e. The lowest BCUT2D eigenvalue weighted by Gasteiger charge is -2.40. The molecule has 82 heavy (non-hydrogen) atoms. The van der Waals surface area contributed by atoms with Gasteiger partial charge in [0.05, 0.1) is 0 Å². The Hall–Kier alpha value is 0. The fourth-order valence-electron chi connectivity index (χ4n) is 23.6. The minimum absolute atomic E-state index is 1.14. The molecular formula is C82H144. The Labute approximate surface area is 513 Å². The monoisotopic (exact) mass is 1130 g/mol. The van der Waals surface area contributed by atoms with Crippen molar-refractivity contribution in [2.45, 2.75) is 398 Å². The molecule has 25 aliphatic carbocycles. The zero-order valence-electron chi connectivity index (χ0n) is 55.4. The molecule has 0 spiro atoms. The van der Waals surface area contributed by atoms with E-state index in [0.29, 0.717) is 0 Å². The molecule has 0 radical (unpaired) electrons. The van der Waals surface area contributed by atoms with Crippen molar-refractivity contribution in [3.63, 3.8) is 0 Å². The Balaban J connectivity index is 0.0000000958. The minimum atomic E-state index is 1.14. The van der Waals surface area contributed by atoms with E-state index in [2.05, 4.69) is 0 Å². The van der Waals surface area contributed by atoms with Crippen molar-refractivity contribution in [3.8, 4) is 0 Å². The van der Waals surface area contributed by atoms with Crippen LogP contribution in [0.3, 0.4) is 0 Å². The van der Waals surface area contributed by atoms with Gasteiger partial charge in [0.25, 0.3) is 0 Å². The topological polar surface area (TPSA) is 0 Å². The van der Waals surface area contributed by atoms with Gasteiger partial charge in [0.2, 0.25) is 0 Å². The van der Waals surface area contributed by atoms with Crippen LogP contribution in [0.2, 0.25) is 0 Å². The highest BCUT2D eigenvalue weighted by Gasteiger charge is 2.37. The first-order chi connectivity index (χ1) is 40.5. The molecule has 0 heterocycles. The molecule has 0 aromatic heterocycles. The van der Waals surface area contributed by atoms with Crippen molar-refractivity contribution < 1.29 is 0 Å². The second-order valence-corrected chi connectivity index (χ2v) is 35.5. The second-order valence-electron chi connectivity index (χ2n) is 35.5. The van der Waals surface area contributed by atoms with Gasteiger partial charge in [0, 0.05) is 0 Å². The first kappa shape index (κ1) is 63.6. The summed E-state index contributed by atoms with van der Waals surface area (Å²) in [6.07, 6.45) is 96.5. The lowest BCUT2D eigenvalue weighted by Crippen LogP contribution is -2.28. The summed E-state index contributed by atoms with van der Waals surface area (Å²) in [4.78, 5) is 0. The summed E-state index contributed by atoms with van der Waals surface area (Å²) in [6, 6.07) is 0. The summed E-state index contributed by atoms with van der Waals surface area (Å²) in [5.74, 6) is 23.2. The average molecular weight is 1130 g/mol. The van der Waals surface area contributed by atoms with Gasteiger partial charge < -0.3 is 0 Å². The van der Waals surface area contributed by atoms with Gasteiger partial charge >= 0.3 is 0 Å². The molecule has 0 nitrogen and oxygen atoms in total. The molecule has 0 N–H and O–H groups in total. The number of fused-ring (bicyclic) bond motifs is 24. The van der Waals surface area contributed by atoms with Crippen LogP contribution in [0.5, 0.6) is 0 Å². The summed E-state index contributed by atoms with van der Waals surface area (Å²) in [5, 5.41) is 0. The summed E-state index contributed by atoms with van der Waals surface area (Å²) in [7, 11) is 0. The molecule has 0 heteroatoms.